The Balaban J connectivity index is 1.50. The summed E-state index contributed by atoms with van der Waals surface area (Å²) in [5, 5.41) is 40.5. The second-order valence-corrected chi connectivity index (χ2v) is 19.9. The Labute approximate surface area is 356 Å². The average Bonchev–Trinajstić information content (AvgIpc) is 4.08. The minimum Gasteiger partial charge on any atom is -0.192 e. The number of unbranched alkanes of at least 4 members (excludes halogenated alkanes) is 2. The molecule has 6 aromatic rings. The molecule has 0 fully saturated rings. The maximum Gasteiger partial charge on any atom is 0.146 e. The summed E-state index contributed by atoms with van der Waals surface area (Å²) in [5.41, 5.74) is 3.05. The maximum atomic E-state index is 9.49. The summed E-state index contributed by atoms with van der Waals surface area (Å²) in [7, 11) is 0. The van der Waals surface area contributed by atoms with Crippen LogP contribution in [0.25, 0.3) is 53.6 Å². The van der Waals surface area contributed by atoms with E-state index in [4.69, 9.17) is 0 Å². The van der Waals surface area contributed by atoms with Crippen LogP contribution in [0.5, 0.6) is 0 Å². The standard InChI is InChI=1S/C48H46N4S5/c1-5-9-13-31(7-3)21-33-23-45(55-43(33)25-37-17-19-41(53-37)35(27-49)28-50)47-39-15-11-12-16-40(39)48(57-47)46-24-34(22-32(8-4)14-10-6-2)44(56-46)26-38-18-20-42(54-38)36(29-51)30-52/h11-12,15-20,23-26,31-32H,5-10,13-14,21-22H2,1-4H3/b37-25+,38-26+. The fraction of sp³-hybridized carbons (Fsp3) is 0.333. The molecule has 57 heavy (non-hydrogen) atoms. The molecule has 0 saturated heterocycles. The highest BCUT2D eigenvalue weighted by atomic mass is 32.1. The van der Waals surface area contributed by atoms with Crippen molar-refractivity contribution in [2.24, 2.45) is 11.8 Å². The van der Waals surface area contributed by atoms with Crippen molar-refractivity contribution in [3.05, 3.63) is 99.7 Å². The molecule has 288 valence electrons. The van der Waals surface area contributed by atoms with E-state index in [1.807, 2.05) is 82.6 Å². The fourth-order valence-electron chi connectivity index (χ4n) is 7.30. The number of thiophene rings is 5. The molecule has 0 radical (unpaired) electrons. The number of nitrogens with zero attached hydrogens (tertiary/aromatic N) is 4. The van der Waals surface area contributed by atoms with Gasteiger partial charge < -0.3 is 0 Å². The number of fused-ring (bicyclic) bond motifs is 1. The van der Waals surface area contributed by atoms with Crippen molar-refractivity contribution in [3.8, 4) is 43.8 Å². The fourth-order valence-corrected chi connectivity index (χ4v) is 13.0. The number of benzene rings is 1. The highest BCUT2D eigenvalue weighted by Gasteiger charge is 2.22. The van der Waals surface area contributed by atoms with Crippen molar-refractivity contribution in [3.63, 3.8) is 0 Å². The van der Waals surface area contributed by atoms with Gasteiger partial charge in [-0.05, 0) is 84.4 Å². The summed E-state index contributed by atoms with van der Waals surface area (Å²) >= 11 is 8.59. The van der Waals surface area contributed by atoms with E-state index in [0.29, 0.717) is 20.9 Å². The summed E-state index contributed by atoms with van der Waals surface area (Å²) in [6.07, 6.45) is 16.1. The zero-order valence-corrected chi connectivity index (χ0v) is 37.1. The SMILES string of the molecule is CCCCC(CC)Cc1cc(-c2sc(-c3cc(CC(CC)CCCC)c(/C=c4\ccc(=C(C#N)C#N)s4)s3)c3ccccc23)sc1/C=c1\ccc(=C(C#N)C#N)s1. The van der Waals surface area contributed by atoms with Crippen molar-refractivity contribution in [1.82, 2.24) is 0 Å². The van der Waals surface area contributed by atoms with Gasteiger partial charge in [-0.15, -0.1) is 56.7 Å². The second kappa shape index (κ2) is 20.2. The van der Waals surface area contributed by atoms with Crippen LogP contribution < -0.4 is 18.1 Å². The number of hydrogen-bond acceptors (Lipinski definition) is 9. The quantitative estimate of drug-likeness (QED) is 0.0970. The van der Waals surface area contributed by atoms with Crippen molar-refractivity contribution in [2.75, 3.05) is 0 Å². The van der Waals surface area contributed by atoms with Gasteiger partial charge in [0.05, 0.1) is 18.8 Å². The lowest BCUT2D eigenvalue weighted by Crippen LogP contribution is -2.04. The van der Waals surface area contributed by atoms with Gasteiger partial charge in [0.15, 0.2) is 0 Å². The van der Waals surface area contributed by atoms with Crippen LogP contribution in [-0.4, -0.2) is 0 Å². The molecule has 0 amide bonds. The molecule has 9 heteroatoms. The molecule has 5 heterocycles. The lowest BCUT2D eigenvalue weighted by Gasteiger charge is -2.14. The molecule has 0 aliphatic carbocycles. The van der Waals surface area contributed by atoms with Crippen LogP contribution in [0, 0.1) is 57.2 Å². The molecule has 1 aromatic carbocycles. The minimum atomic E-state index is 0.157. The van der Waals surface area contributed by atoms with Gasteiger partial charge in [-0.2, -0.15) is 21.0 Å². The Kier molecular flexibility index (Phi) is 14.9. The molecule has 0 bridgehead atoms. The summed E-state index contributed by atoms with van der Waals surface area (Å²) < 4.78 is 3.52. The third-order valence-corrected chi connectivity index (χ3v) is 16.5. The highest BCUT2D eigenvalue weighted by Crippen LogP contribution is 2.49. The Morgan fingerprint density at radius 1 is 0.561 bits per heavy atom. The van der Waals surface area contributed by atoms with Gasteiger partial charge in [0.2, 0.25) is 0 Å². The van der Waals surface area contributed by atoms with E-state index >= 15 is 0 Å². The monoisotopic (exact) mass is 838 g/mol. The van der Waals surface area contributed by atoms with E-state index in [9.17, 15) is 21.0 Å². The summed E-state index contributed by atoms with van der Waals surface area (Å²) in [4.78, 5) is 7.62. The van der Waals surface area contributed by atoms with E-state index in [2.05, 4.69) is 76.2 Å². The van der Waals surface area contributed by atoms with Crippen molar-refractivity contribution in [2.45, 2.75) is 91.9 Å². The average molecular weight is 839 g/mol. The molecular weight excluding hydrogens is 793 g/mol. The molecule has 4 nitrogen and oxygen atoms in total. The van der Waals surface area contributed by atoms with Gasteiger partial charge in [-0.1, -0.05) is 103 Å². The van der Waals surface area contributed by atoms with Gasteiger partial charge in [-0.25, -0.2) is 0 Å². The normalized spacial score (nSPS) is 12.9. The first kappa shape index (κ1) is 42.0. The van der Waals surface area contributed by atoms with Crippen LogP contribution >= 0.6 is 56.7 Å². The van der Waals surface area contributed by atoms with E-state index in [-0.39, 0.29) is 11.1 Å². The molecule has 0 saturated carbocycles. The zero-order valence-electron chi connectivity index (χ0n) is 33.0. The zero-order chi connectivity index (χ0) is 40.3. The first-order chi connectivity index (χ1) is 27.9. The van der Waals surface area contributed by atoms with Gasteiger partial charge in [0.25, 0.3) is 0 Å². The molecule has 2 atom stereocenters. The van der Waals surface area contributed by atoms with Crippen LogP contribution in [0.1, 0.15) is 99.9 Å². The lowest BCUT2D eigenvalue weighted by molar-refractivity contribution is 0.449. The Morgan fingerprint density at radius 2 is 0.982 bits per heavy atom. The largest absolute Gasteiger partial charge is 0.192 e. The first-order valence-corrected chi connectivity index (χ1v) is 24.0. The van der Waals surface area contributed by atoms with Crippen LogP contribution in [0.2, 0.25) is 0 Å². The third-order valence-electron chi connectivity index (χ3n) is 10.6. The van der Waals surface area contributed by atoms with Gasteiger partial charge >= 0.3 is 0 Å². The predicted molar refractivity (Wildman–Crippen MR) is 246 cm³/mol. The molecule has 2 unspecified atom stereocenters. The summed E-state index contributed by atoms with van der Waals surface area (Å²) in [6, 6.07) is 29.7. The van der Waals surface area contributed by atoms with Gasteiger partial charge in [0.1, 0.15) is 35.4 Å². The second-order valence-electron chi connectivity index (χ2n) is 14.4. The molecule has 6 rings (SSSR count). The molecule has 0 aliphatic rings. The van der Waals surface area contributed by atoms with Crippen LogP contribution in [-0.2, 0) is 12.8 Å². The summed E-state index contributed by atoms with van der Waals surface area (Å²) in [5.74, 6) is 1.22. The van der Waals surface area contributed by atoms with Crippen LogP contribution in [0.15, 0.2) is 60.7 Å². The Hall–Kier alpha value is -4.58. The molecule has 0 N–H and O–H groups in total. The molecular formula is C48H46N4S5. The number of rotatable bonds is 16. The maximum absolute atomic E-state index is 9.49. The van der Waals surface area contributed by atoms with Gasteiger partial charge in [0, 0.05) is 39.3 Å². The number of nitriles is 4. The van der Waals surface area contributed by atoms with Gasteiger partial charge in [-0.3, -0.25) is 0 Å². The third kappa shape index (κ3) is 9.94. The van der Waals surface area contributed by atoms with E-state index in [0.717, 1.165) is 34.7 Å². The van der Waals surface area contributed by atoms with E-state index < -0.39 is 0 Å². The molecule has 0 aliphatic heterocycles. The Bertz CT molecular complexity index is 2550. The smallest absolute Gasteiger partial charge is 0.146 e. The van der Waals surface area contributed by atoms with Crippen molar-refractivity contribution < 1.29 is 0 Å². The minimum absolute atomic E-state index is 0.157. The molecule has 5 aromatic heterocycles. The lowest BCUT2D eigenvalue weighted by atomic mass is 9.92. The summed E-state index contributed by atoms with van der Waals surface area (Å²) in [6.45, 7) is 9.15. The van der Waals surface area contributed by atoms with E-state index in [1.165, 1.54) is 112 Å². The first-order valence-electron chi connectivity index (χ1n) is 19.9. The van der Waals surface area contributed by atoms with Crippen molar-refractivity contribution >= 4 is 90.8 Å². The molecule has 0 spiro atoms. The van der Waals surface area contributed by atoms with Crippen LogP contribution in [0.4, 0.5) is 0 Å². The van der Waals surface area contributed by atoms with Crippen LogP contribution in [0.3, 0.4) is 0 Å². The Morgan fingerprint density at radius 3 is 1.35 bits per heavy atom. The highest BCUT2D eigenvalue weighted by molar-refractivity contribution is 7.28. The predicted octanol–water partition coefficient (Wildman–Crippen LogP) is 12.1. The van der Waals surface area contributed by atoms with E-state index in [1.54, 1.807) is 0 Å². The number of hydrogen-bond donors (Lipinski definition) is 0. The topological polar surface area (TPSA) is 95.2 Å². The van der Waals surface area contributed by atoms with Crippen molar-refractivity contribution in [1.29, 1.82) is 21.0 Å².